The minimum atomic E-state index is -0.222. The molecule has 3 nitrogen and oxygen atoms in total. The Morgan fingerprint density at radius 1 is 1.15 bits per heavy atom. The molecule has 0 aromatic heterocycles. The standard InChI is InChI=1S/C23H24ClNO2/c1-2-27-23(26)16-7-10-19-18(12-16)20-14-3-4-15(11-14)21(20)22(25-19)13-5-8-17(24)9-6-13/h5-10,12,14-15,20-22,25H,2-4,11H2,1H3/t14-,15-,20-,21+,22+/m0/s1. The zero-order chi connectivity index (χ0) is 18.5. The van der Waals surface area contributed by atoms with Gasteiger partial charge in [-0.1, -0.05) is 23.7 Å². The third kappa shape index (κ3) is 2.75. The Balaban J connectivity index is 1.57. The molecular formula is C23H24ClNO2. The maximum atomic E-state index is 12.2. The van der Waals surface area contributed by atoms with Crippen molar-refractivity contribution in [3.63, 3.8) is 0 Å². The molecule has 2 bridgehead atoms. The van der Waals surface area contributed by atoms with Crippen LogP contribution in [0.25, 0.3) is 0 Å². The summed E-state index contributed by atoms with van der Waals surface area (Å²) < 4.78 is 5.22. The smallest absolute Gasteiger partial charge is 0.338 e. The van der Waals surface area contributed by atoms with E-state index in [1.807, 2.05) is 25.1 Å². The number of nitrogens with one attached hydrogen (secondary N) is 1. The molecule has 0 radical (unpaired) electrons. The van der Waals surface area contributed by atoms with Gasteiger partial charge in [-0.05, 0) is 91.3 Å². The van der Waals surface area contributed by atoms with E-state index in [2.05, 4.69) is 29.6 Å². The van der Waals surface area contributed by atoms with Crippen LogP contribution in [0.2, 0.25) is 5.02 Å². The minimum Gasteiger partial charge on any atom is -0.462 e. The number of hydrogen-bond acceptors (Lipinski definition) is 3. The van der Waals surface area contributed by atoms with Gasteiger partial charge in [0.2, 0.25) is 0 Å². The van der Waals surface area contributed by atoms with Gasteiger partial charge in [-0.3, -0.25) is 0 Å². The number of hydrogen-bond donors (Lipinski definition) is 1. The highest BCUT2D eigenvalue weighted by Gasteiger charge is 2.53. The van der Waals surface area contributed by atoms with Gasteiger partial charge < -0.3 is 10.1 Å². The van der Waals surface area contributed by atoms with Crippen molar-refractivity contribution >= 4 is 23.3 Å². The second kappa shape index (κ2) is 6.56. The fraction of sp³-hybridized carbons (Fsp3) is 0.435. The van der Waals surface area contributed by atoms with E-state index in [4.69, 9.17) is 16.3 Å². The molecule has 27 heavy (non-hydrogen) atoms. The summed E-state index contributed by atoms with van der Waals surface area (Å²) in [5.74, 6) is 2.37. The summed E-state index contributed by atoms with van der Waals surface area (Å²) in [7, 11) is 0. The lowest BCUT2D eigenvalue weighted by Crippen LogP contribution is -2.35. The number of benzene rings is 2. The second-order valence-corrected chi connectivity index (χ2v) is 8.57. The summed E-state index contributed by atoms with van der Waals surface area (Å²) in [5.41, 5.74) is 4.45. The van der Waals surface area contributed by atoms with Crippen LogP contribution in [-0.4, -0.2) is 12.6 Å². The number of esters is 1. The van der Waals surface area contributed by atoms with Crippen LogP contribution < -0.4 is 5.32 Å². The summed E-state index contributed by atoms with van der Waals surface area (Å²) in [6.45, 7) is 2.25. The van der Waals surface area contributed by atoms with Crippen LogP contribution in [0.4, 0.5) is 5.69 Å². The summed E-state index contributed by atoms with van der Waals surface area (Å²) in [4.78, 5) is 12.2. The maximum absolute atomic E-state index is 12.2. The van der Waals surface area contributed by atoms with Crippen molar-refractivity contribution in [1.29, 1.82) is 0 Å². The average Bonchev–Trinajstić information content (AvgIpc) is 3.30. The molecule has 5 atom stereocenters. The van der Waals surface area contributed by atoms with Gasteiger partial charge in [0.05, 0.1) is 18.2 Å². The lowest BCUT2D eigenvalue weighted by Gasteiger charge is -2.43. The van der Waals surface area contributed by atoms with E-state index in [1.165, 1.54) is 30.4 Å². The number of carbonyl (C=O) groups excluding carboxylic acids is 1. The van der Waals surface area contributed by atoms with E-state index in [9.17, 15) is 4.79 Å². The summed E-state index contributed by atoms with van der Waals surface area (Å²) in [5, 5.41) is 4.57. The summed E-state index contributed by atoms with van der Waals surface area (Å²) >= 11 is 6.11. The molecule has 140 valence electrons. The lowest BCUT2D eigenvalue weighted by atomic mass is 9.68. The van der Waals surface area contributed by atoms with Gasteiger partial charge >= 0.3 is 5.97 Å². The fourth-order valence-electron chi connectivity index (χ4n) is 5.83. The zero-order valence-corrected chi connectivity index (χ0v) is 16.2. The molecule has 1 aliphatic heterocycles. The molecule has 3 aliphatic rings. The van der Waals surface area contributed by atoms with Gasteiger partial charge in [-0.2, -0.15) is 0 Å². The van der Waals surface area contributed by atoms with Gasteiger partial charge in [-0.15, -0.1) is 0 Å². The van der Waals surface area contributed by atoms with E-state index in [1.54, 1.807) is 0 Å². The molecule has 0 amide bonds. The predicted octanol–water partition coefficient (Wildman–Crippen LogP) is 5.81. The molecule has 2 aliphatic carbocycles. The first-order chi connectivity index (χ1) is 13.2. The van der Waals surface area contributed by atoms with Crippen LogP contribution in [0.1, 0.15) is 59.6 Å². The highest BCUT2D eigenvalue weighted by molar-refractivity contribution is 6.30. The van der Waals surface area contributed by atoms with Crippen molar-refractivity contribution in [3.05, 3.63) is 64.2 Å². The van der Waals surface area contributed by atoms with Crippen molar-refractivity contribution in [2.24, 2.45) is 17.8 Å². The molecule has 2 aromatic carbocycles. The fourth-order valence-corrected chi connectivity index (χ4v) is 5.95. The third-order valence-corrected chi connectivity index (χ3v) is 7.08. The normalized spacial score (nSPS) is 30.4. The molecule has 0 spiro atoms. The molecule has 0 saturated heterocycles. The number of anilines is 1. The number of halogens is 1. The Morgan fingerprint density at radius 3 is 2.70 bits per heavy atom. The van der Waals surface area contributed by atoms with Crippen LogP contribution in [0, 0.1) is 17.8 Å². The molecule has 2 aromatic rings. The quantitative estimate of drug-likeness (QED) is 0.681. The Hall–Kier alpha value is -2.00. The summed E-state index contributed by atoms with van der Waals surface area (Å²) in [6.07, 6.45) is 3.94. The predicted molar refractivity (Wildman–Crippen MR) is 107 cm³/mol. The first kappa shape index (κ1) is 17.1. The summed E-state index contributed by atoms with van der Waals surface area (Å²) in [6, 6.07) is 14.6. The number of fused-ring (bicyclic) bond motifs is 7. The average molecular weight is 382 g/mol. The maximum Gasteiger partial charge on any atom is 0.338 e. The SMILES string of the molecule is CCOC(=O)c1ccc2c(c1)[C@@H]1[C@H]3CC[C@@H](C3)[C@H]1[C@@H](c1ccc(Cl)cc1)N2. The van der Waals surface area contributed by atoms with Crippen molar-refractivity contribution in [1.82, 2.24) is 0 Å². The van der Waals surface area contributed by atoms with E-state index in [-0.39, 0.29) is 5.97 Å². The lowest BCUT2D eigenvalue weighted by molar-refractivity contribution is 0.0526. The monoisotopic (exact) mass is 381 g/mol. The molecule has 1 N–H and O–H groups in total. The van der Waals surface area contributed by atoms with E-state index >= 15 is 0 Å². The second-order valence-electron chi connectivity index (χ2n) is 8.13. The Kier molecular flexibility index (Phi) is 4.16. The van der Waals surface area contributed by atoms with Crippen molar-refractivity contribution in [3.8, 4) is 0 Å². The Labute approximate surface area is 165 Å². The van der Waals surface area contributed by atoms with Crippen LogP contribution in [0.15, 0.2) is 42.5 Å². The Morgan fingerprint density at radius 2 is 1.93 bits per heavy atom. The molecule has 2 saturated carbocycles. The minimum absolute atomic E-state index is 0.222. The van der Waals surface area contributed by atoms with Crippen LogP contribution in [0.3, 0.4) is 0 Å². The van der Waals surface area contributed by atoms with Crippen molar-refractivity contribution in [2.75, 3.05) is 11.9 Å². The molecule has 5 rings (SSSR count). The third-order valence-electron chi connectivity index (χ3n) is 6.83. The van der Waals surface area contributed by atoms with Gasteiger partial charge in [-0.25, -0.2) is 4.79 Å². The Bertz CT molecular complexity index is 878. The highest BCUT2D eigenvalue weighted by atomic mass is 35.5. The zero-order valence-electron chi connectivity index (χ0n) is 15.5. The van der Waals surface area contributed by atoms with Gasteiger partial charge in [0.25, 0.3) is 0 Å². The van der Waals surface area contributed by atoms with Crippen LogP contribution in [-0.2, 0) is 4.74 Å². The number of rotatable bonds is 3. The number of ether oxygens (including phenoxy) is 1. The van der Waals surface area contributed by atoms with Gasteiger partial charge in [0.15, 0.2) is 0 Å². The first-order valence-electron chi connectivity index (χ1n) is 9.98. The molecule has 0 unspecified atom stereocenters. The topological polar surface area (TPSA) is 38.3 Å². The molecule has 4 heteroatoms. The van der Waals surface area contributed by atoms with Gasteiger partial charge in [0.1, 0.15) is 0 Å². The van der Waals surface area contributed by atoms with E-state index in [0.717, 1.165) is 22.5 Å². The van der Waals surface area contributed by atoms with Crippen molar-refractivity contribution in [2.45, 2.75) is 38.1 Å². The number of carbonyl (C=O) groups is 1. The largest absolute Gasteiger partial charge is 0.462 e. The molecular weight excluding hydrogens is 358 g/mol. The van der Waals surface area contributed by atoms with Crippen molar-refractivity contribution < 1.29 is 9.53 Å². The van der Waals surface area contributed by atoms with E-state index < -0.39 is 0 Å². The van der Waals surface area contributed by atoms with Crippen LogP contribution >= 0.6 is 11.6 Å². The molecule has 2 fully saturated rings. The van der Waals surface area contributed by atoms with Gasteiger partial charge in [0, 0.05) is 10.7 Å². The first-order valence-corrected chi connectivity index (χ1v) is 10.4. The van der Waals surface area contributed by atoms with Crippen LogP contribution in [0.5, 0.6) is 0 Å². The van der Waals surface area contributed by atoms with E-state index in [0.29, 0.717) is 30.0 Å². The molecule has 1 heterocycles. The highest BCUT2D eigenvalue weighted by Crippen LogP contribution is 2.63.